The Kier molecular flexibility index (Phi) is 4.06. The van der Waals surface area contributed by atoms with Gasteiger partial charge in [-0.15, -0.1) is 11.8 Å². The van der Waals surface area contributed by atoms with E-state index in [0.29, 0.717) is 6.10 Å². The first-order valence-electron chi connectivity index (χ1n) is 5.82. The molecule has 17 heavy (non-hydrogen) atoms. The number of hydrogen-bond donors (Lipinski definition) is 1. The van der Waals surface area contributed by atoms with Gasteiger partial charge in [-0.05, 0) is 44.9 Å². The van der Waals surface area contributed by atoms with Crippen molar-refractivity contribution in [2.45, 2.75) is 43.3 Å². The van der Waals surface area contributed by atoms with E-state index in [4.69, 9.17) is 10.5 Å². The van der Waals surface area contributed by atoms with E-state index >= 15 is 0 Å². The second-order valence-electron chi connectivity index (χ2n) is 5.03. The quantitative estimate of drug-likeness (QED) is 0.674. The van der Waals surface area contributed by atoms with Crippen LogP contribution in [0.2, 0.25) is 0 Å². The molecule has 1 aliphatic rings. The molecule has 2 N–H and O–H groups in total. The van der Waals surface area contributed by atoms with Gasteiger partial charge in [0.25, 0.3) is 0 Å². The Bertz CT molecular complexity index is 408. The molecule has 4 heteroatoms. The third-order valence-electron chi connectivity index (χ3n) is 2.95. The Morgan fingerprint density at radius 1 is 1.53 bits per heavy atom. The Labute approximate surface area is 115 Å². The molecule has 1 aromatic rings. The lowest BCUT2D eigenvalue weighted by Gasteiger charge is -2.19. The minimum atomic E-state index is 0.0496. The number of thioether (sulfide) groups is 1. The van der Waals surface area contributed by atoms with Crippen molar-refractivity contribution < 1.29 is 4.74 Å². The summed E-state index contributed by atoms with van der Waals surface area (Å²) < 4.78 is 7.04. The van der Waals surface area contributed by atoms with Crippen molar-refractivity contribution in [1.82, 2.24) is 0 Å². The Hall–Kier alpha value is -0.190. The molecule has 1 aliphatic heterocycles. The summed E-state index contributed by atoms with van der Waals surface area (Å²) in [5, 5.41) is 0. The first-order chi connectivity index (χ1) is 7.96. The number of benzene rings is 1. The molecule has 0 aromatic heterocycles. The van der Waals surface area contributed by atoms with Crippen LogP contribution in [-0.2, 0) is 4.74 Å². The Morgan fingerprint density at radius 2 is 2.29 bits per heavy atom. The van der Waals surface area contributed by atoms with Crippen LogP contribution in [0, 0.1) is 0 Å². The van der Waals surface area contributed by atoms with Crippen LogP contribution in [0.3, 0.4) is 0 Å². The number of nitrogen functional groups attached to an aromatic ring is 1. The Balaban J connectivity index is 1.92. The monoisotopic (exact) mass is 315 g/mol. The highest BCUT2D eigenvalue weighted by molar-refractivity contribution is 9.10. The maximum absolute atomic E-state index is 5.97. The SMILES string of the molecule is CC1(C)CCC(CSc2cc(Br)ccc2N)O1. The standard InChI is InChI=1S/C13H18BrNOS/c1-13(2)6-5-10(16-13)8-17-12-7-9(14)3-4-11(12)15/h3-4,7,10H,5-6,8,15H2,1-2H3. The Morgan fingerprint density at radius 3 is 2.94 bits per heavy atom. The molecule has 1 unspecified atom stereocenters. The predicted octanol–water partition coefficient (Wildman–Crippen LogP) is 4.08. The summed E-state index contributed by atoms with van der Waals surface area (Å²) in [4.78, 5) is 1.13. The molecule has 0 spiro atoms. The summed E-state index contributed by atoms with van der Waals surface area (Å²) in [6.45, 7) is 4.32. The topological polar surface area (TPSA) is 35.2 Å². The number of anilines is 1. The zero-order chi connectivity index (χ0) is 12.5. The smallest absolute Gasteiger partial charge is 0.0677 e. The number of ether oxygens (including phenoxy) is 1. The lowest BCUT2D eigenvalue weighted by molar-refractivity contribution is -0.00466. The maximum Gasteiger partial charge on any atom is 0.0677 e. The van der Waals surface area contributed by atoms with Gasteiger partial charge >= 0.3 is 0 Å². The number of rotatable bonds is 3. The van der Waals surface area contributed by atoms with Crippen LogP contribution in [-0.4, -0.2) is 17.5 Å². The minimum Gasteiger partial charge on any atom is -0.398 e. The molecule has 0 aliphatic carbocycles. The van der Waals surface area contributed by atoms with Gasteiger partial charge in [-0.2, -0.15) is 0 Å². The van der Waals surface area contributed by atoms with Gasteiger partial charge in [0.05, 0.1) is 11.7 Å². The van der Waals surface area contributed by atoms with Crippen LogP contribution in [0.5, 0.6) is 0 Å². The number of hydrogen-bond acceptors (Lipinski definition) is 3. The number of halogens is 1. The normalized spacial score (nSPS) is 22.9. The second kappa shape index (κ2) is 5.21. The highest BCUT2D eigenvalue weighted by atomic mass is 79.9. The largest absolute Gasteiger partial charge is 0.398 e. The van der Waals surface area contributed by atoms with E-state index < -0.39 is 0 Å². The van der Waals surface area contributed by atoms with E-state index in [9.17, 15) is 0 Å². The van der Waals surface area contributed by atoms with Crippen molar-refractivity contribution >= 4 is 33.4 Å². The van der Waals surface area contributed by atoms with E-state index in [2.05, 4.69) is 35.8 Å². The van der Waals surface area contributed by atoms with E-state index in [-0.39, 0.29) is 5.60 Å². The molecule has 0 radical (unpaired) electrons. The van der Waals surface area contributed by atoms with Crippen LogP contribution in [0.15, 0.2) is 27.6 Å². The van der Waals surface area contributed by atoms with Crippen LogP contribution >= 0.6 is 27.7 Å². The third kappa shape index (κ3) is 3.63. The average Bonchev–Trinajstić information content (AvgIpc) is 2.60. The molecule has 1 fully saturated rings. The molecular weight excluding hydrogens is 298 g/mol. The maximum atomic E-state index is 5.97. The first kappa shape index (κ1) is 13.2. The number of nitrogens with two attached hydrogens (primary N) is 1. The van der Waals surface area contributed by atoms with E-state index in [1.807, 2.05) is 12.1 Å². The summed E-state index contributed by atoms with van der Waals surface area (Å²) in [6.07, 6.45) is 2.65. The molecule has 2 rings (SSSR count). The van der Waals surface area contributed by atoms with Gasteiger partial charge in [-0.1, -0.05) is 15.9 Å². The lowest BCUT2D eigenvalue weighted by atomic mass is 10.1. The van der Waals surface area contributed by atoms with Gasteiger partial charge < -0.3 is 10.5 Å². The van der Waals surface area contributed by atoms with Gasteiger partial charge in [0.2, 0.25) is 0 Å². The van der Waals surface area contributed by atoms with Crippen LogP contribution < -0.4 is 5.73 Å². The van der Waals surface area contributed by atoms with Crippen LogP contribution in [0.4, 0.5) is 5.69 Å². The van der Waals surface area contributed by atoms with Crippen LogP contribution in [0.1, 0.15) is 26.7 Å². The van der Waals surface area contributed by atoms with Crippen molar-refractivity contribution in [3.8, 4) is 0 Å². The fourth-order valence-electron chi connectivity index (χ4n) is 2.01. The van der Waals surface area contributed by atoms with E-state index in [1.54, 1.807) is 11.8 Å². The highest BCUT2D eigenvalue weighted by Crippen LogP contribution is 2.34. The minimum absolute atomic E-state index is 0.0496. The van der Waals surface area contributed by atoms with Gasteiger partial charge in [-0.25, -0.2) is 0 Å². The van der Waals surface area contributed by atoms with Crippen molar-refractivity contribution in [2.75, 3.05) is 11.5 Å². The van der Waals surface area contributed by atoms with Gasteiger partial charge in [0.1, 0.15) is 0 Å². The summed E-state index contributed by atoms with van der Waals surface area (Å²) >= 11 is 5.25. The van der Waals surface area contributed by atoms with Crippen LogP contribution in [0.25, 0.3) is 0 Å². The summed E-state index contributed by atoms with van der Waals surface area (Å²) in [7, 11) is 0. The van der Waals surface area contributed by atoms with Crippen molar-refractivity contribution in [3.05, 3.63) is 22.7 Å². The summed E-state index contributed by atoms with van der Waals surface area (Å²) in [5.41, 5.74) is 6.84. The molecule has 1 heterocycles. The van der Waals surface area contributed by atoms with Crippen molar-refractivity contribution in [3.63, 3.8) is 0 Å². The molecule has 0 amide bonds. The third-order valence-corrected chi connectivity index (χ3v) is 4.65. The van der Waals surface area contributed by atoms with Gasteiger partial charge in [0.15, 0.2) is 0 Å². The zero-order valence-electron chi connectivity index (χ0n) is 10.2. The molecule has 2 nitrogen and oxygen atoms in total. The molecular formula is C13H18BrNOS. The van der Waals surface area contributed by atoms with E-state index in [1.165, 1.54) is 0 Å². The summed E-state index contributed by atoms with van der Waals surface area (Å²) in [6, 6.07) is 5.97. The molecule has 1 saturated heterocycles. The molecule has 1 aromatic carbocycles. The lowest BCUT2D eigenvalue weighted by Crippen LogP contribution is -2.21. The van der Waals surface area contributed by atoms with E-state index in [0.717, 1.165) is 33.7 Å². The average molecular weight is 316 g/mol. The first-order valence-corrected chi connectivity index (χ1v) is 7.60. The van der Waals surface area contributed by atoms with Gasteiger partial charge in [-0.3, -0.25) is 0 Å². The summed E-state index contributed by atoms with van der Waals surface area (Å²) in [5.74, 6) is 0.976. The molecule has 94 valence electrons. The molecule has 1 atom stereocenters. The van der Waals surface area contributed by atoms with Crippen molar-refractivity contribution in [1.29, 1.82) is 0 Å². The fourth-order valence-corrected chi connectivity index (χ4v) is 3.57. The predicted molar refractivity (Wildman–Crippen MR) is 77.5 cm³/mol. The fraction of sp³-hybridized carbons (Fsp3) is 0.538. The molecule has 0 bridgehead atoms. The second-order valence-corrected chi connectivity index (χ2v) is 7.01. The van der Waals surface area contributed by atoms with Crippen molar-refractivity contribution in [2.24, 2.45) is 0 Å². The highest BCUT2D eigenvalue weighted by Gasteiger charge is 2.31. The van der Waals surface area contributed by atoms with Gasteiger partial charge in [0, 0.05) is 20.8 Å². The zero-order valence-corrected chi connectivity index (χ0v) is 12.6. The molecule has 0 saturated carbocycles.